The Balaban J connectivity index is 1.68. The highest BCUT2D eigenvalue weighted by atomic mass is 16.5. The molecular weight excluding hydrogens is 312 g/mol. The van der Waals surface area contributed by atoms with E-state index in [0.29, 0.717) is 12.2 Å². The standard InChI is InChI=1S/C21H20N2O2/c1-14-11-15(2)17-9-6-10-23(19(17)12-14)21(24)20-13-18(22-25-20)16-7-4-3-5-8-16/h3-5,7-8,11-13H,6,9-10H2,1-2H3. The first-order valence-corrected chi connectivity index (χ1v) is 8.57. The molecule has 1 aromatic heterocycles. The maximum Gasteiger partial charge on any atom is 0.296 e. The third kappa shape index (κ3) is 2.84. The van der Waals surface area contributed by atoms with Gasteiger partial charge in [-0.15, -0.1) is 0 Å². The predicted octanol–water partition coefficient (Wildman–Crippen LogP) is 4.55. The summed E-state index contributed by atoms with van der Waals surface area (Å²) in [6, 6.07) is 15.7. The highest BCUT2D eigenvalue weighted by Crippen LogP contribution is 2.32. The minimum Gasteiger partial charge on any atom is -0.350 e. The first kappa shape index (κ1) is 15.6. The van der Waals surface area contributed by atoms with E-state index in [2.05, 4.69) is 31.1 Å². The summed E-state index contributed by atoms with van der Waals surface area (Å²) in [5, 5.41) is 4.07. The first-order valence-electron chi connectivity index (χ1n) is 8.57. The van der Waals surface area contributed by atoms with E-state index in [1.54, 1.807) is 6.07 Å². The van der Waals surface area contributed by atoms with E-state index >= 15 is 0 Å². The van der Waals surface area contributed by atoms with Crippen molar-refractivity contribution in [2.45, 2.75) is 26.7 Å². The van der Waals surface area contributed by atoms with Crippen molar-refractivity contribution in [3.8, 4) is 11.3 Å². The van der Waals surface area contributed by atoms with Gasteiger partial charge in [0.05, 0.1) is 0 Å². The van der Waals surface area contributed by atoms with Crippen LogP contribution >= 0.6 is 0 Å². The number of amides is 1. The lowest BCUT2D eigenvalue weighted by Gasteiger charge is -2.30. The zero-order valence-corrected chi connectivity index (χ0v) is 14.5. The fourth-order valence-electron chi connectivity index (χ4n) is 3.54. The zero-order chi connectivity index (χ0) is 17.4. The second-order valence-corrected chi connectivity index (χ2v) is 6.58. The second-order valence-electron chi connectivity index (χ2n) is 6.58. The molecule has 4 nitrogen and oxygen atoms in total. The van der Waals surface area contributed by atoms with E-state index in [0.717, 1.165) is 24.1 Å². The van der Waals surface area contributed by atoms with E-state index in [-0.39, 0.29) is 11.7 Å². The van der Waals surface area contributed by atoms with Gasteiger partial charge in [-0.2, -0.15) is 0 Å². The summed E-state index contributed by atoms with van der Waals surface area (Å²) >= 11 is 0. The van der Waals surface area contributed by atoms with Crippen LogP contribution in [0.15, 0.2) is 53.1 Å². The Kier molecular flexibility index (Phi) is 3.88. The molecule has 2 heterocycles. The number of aromatic nitrogens is 1. The average molecular weight is 332 g/mol. The van der Waals surface area contributed by atoms with Crippen LogP contribution in [0.2, 0.25) is 0 Å². The molecule has 1 aliphatic heterocycles. The van der Waals surface area contributed by atoms with Gasteiger partial charge >= 0.3 is 0 Å². The predicted molar refractivity (Wildman–Crippen MR) is 97.9 cm³/mol. The van der Waals surface area contributed by atoms with Gasteiger partial charge < -0.3 is 9.42 Å². The van der Waals surface area contributed by atoms with Crippen molar-refractivity contribution in [2.24, 2.45) is 0 Å². The van der Waals surface area contributed by atoms with Crippen molar-refractivity contribution in [1.29, 1.82) is 0 Å². The maximum atomic E-state index is 13.0. The van der Waals surface area contributed by atoms with Crippen LogP contribution in [0, 0.1) is 13.8 Å². The monoisotopic (exact) mass is 332 g/mol. The van der Waals surface area contributed by atoms with Gasteiger partial charge in [0.1, 0.15) is 5.69 Å². The third-order valence-electron chi connectivity index (χ3n) is 4.73. The van der Waals surface area contributed by atoms with Crippen LogP contribution in [0.3, 0.4) is 0 Å². The SMILES string of the molecule is Cc1cc(C)c2c(c1)N(C(=O)c1cc(-c3ccccc3)no1)CCC2. The maximum absolute atomic E-state index is 13.0. The van der Waals surface area contributed by atoms with Gasteiger partial charge in [-0.25, -0.2) is 0 Å². The molecule has 4 heteroatoms. The summed E-state index contributed by atoms with van der Waals surface area (Å²) in [5.41, 5.74) is 6.30. The Morgan fingerprint density at radius 1 is 1.12 bits per heavy atom. The lowest BCUT2D eigenvalue weighted by Crippen LogP contribution is -2.35. The molecule has 0 radical (unpaired) electrons. The number of rotatable bonds is 2. The molecule has 0 saturated heterocycles. The number of carbonyl (C=O) groups is 1. The first-order chi connectivity index (χ1) is 12.1. The highest BCUT2D eigenvalue weighted by Gasteiger charge is 2.27. The second kappa shape index (κ2) is 6.20. The summed E-state index contributed by atoms with van der Waals surface area (Å²) in [6.07, 6.45) is 1.97. The van der Waals surface area contributed by atoms with E-state index in [1.807, 2.05) is 35.2 Å². The van der Waals surface area contributed by atoms with Crippen molar-refractivity contribution >= 4 is 11.6 Å². The molecule has 4 rings (SSSR count). The van der Waals surface area contributed by atoms with Crippen LogP contribution in [0.25, 0.3) is 11.3 Å². The van der Waals surface area contributed by atoms with Crippen LogP contribution in [-0.4, -0.2) is 17.6 Å². The van der Waals surface area contributed by atoms with Crippen molar-refractivity contribution < 1.29 is 9.32 Å². The van der Waals surface area contributed by atoms with Gasteiger partial charge in [0.15, 0.2) is 0 Å². The van der Waals surface area contributed by atoms with E-state index in [4.69, 9.17) is 4.52 Å². The van der Waals surface area contributed by atoms with E-state index < -0.39 is 0 Å². The van der Waals surface area contributed by atoms with Gasteiger partial charge in [-0.3, -0.25) is 4.79 Å². The Hall–Kier alpha value is -2.88. The minimum atomic E-state index is -0.124. The van der Waals surface area contributed by atoms with Crippen LogP contribution < -0.4 is 4.90 Å². The summed E-state index contributed by atoms with van der Waals surface area (Å²) in [6.45, 7) is 4.88. The topological polar surface area (TPSA) is 46.3 Å². The van der Waals surface area contributed by atoms with Gasteiger partial charge in [-0.1, -0.05) is 41.6 Å². The molecule has 1 aliphatic rings. The van der Waals surface area contributed by atoms with Crippen molar-refractivity contribution in [3.05, 3.63) is 71.0 Å². The van der Waals surface area contributed by atoms with Crippen LogP contribution in [0.4, 0.5) is 5.69 Å². The molecule has 0 bridgehead atoms. The van der Waals surface area contributed by atoms with Crippen LogP contribution in [0.5, 0.6) is 0 Å². The largest absolute Gasteiger partial charge is 0.350 e. The van der Waals surface area contributed by atoms with Crippen molar-refractivity contribution in [1.82, 2.24) is 5.16 Å². The Morgan fingerprint density at radius 3 is 2.72 bits per heavy atom. The van der Waals surface area contributed by atoms with Crippen molar-refractivity contribution in [2.75, 3.05) is 11.4 Å². The number of hydrogen-bond acceptors (Lipinski definition) is 3. The van der Waals surface area contributed by atoms with Crippen molar-refractivity contribution in [3.63, 3.8) is 0 Å². The van der Waals surface area contributed by atoms with Crippen LogP contribution in [-0.2, 0) is 6.42 Å². The normalized spacial score (nSPS) is 13.6. The molecule has 25 heavy (non-hydrogen) atoms. The number of anilines is 1. The van der Waals surface area contributed by atoms with E-state index in [9.17, 15) is 4.79 Å². The molecule has 0 fully saturated rings. The zero-order valence-electron chi connectivity index (χ0n) is 14.5. The highest BCUT2D eigenvalue weighted by molar-refractivity contribution is 6.05. The van der Waals surface area contributed by atoms with E-state index in [1.165, 1.54) is 16.7 Å². The van der Waals surface area contributed by atoms with Gasteiger partial charge in [0.25, 0.3) is 5.91 Å². The lowest BCUT2D eigenvalue weighted by molar-refractivity contribution is 0.0949. The molecule has 126 valence electrons. The Morgan fingerprint density at radius 2 is 1.92 bits per heavy atom. The number of nitrogens with zero attached hydrogens (tertiary/aromatic N) is 2. The fourth-order valence-corrected chi connectivity index (χ4v) is 3.54. The molecule has 0 saturated carbocycles. The quantitative estimate of drug-likeness (QED) is 0.691. The Labute approximate surface area is 147 Å². The molecule has 0 unspecified atom stereocenters. The smallest absolute Gasteiger partial charge is 0.296 e. The minimum absolute atomic E-state index is 0.124. The lowest BCUT2D eigenvalue weighted by atomic mass is 9.95. The number of benzene rings is 2. The molecule has 0 N–H and O–H groups in total. The number of aryl methyl sites for hydroxylation is 2. The summed E-state index contributed by atoms with van der Waals surface area (Å²) in [4.78, 5) is 14.8. The summed E-state index contributed by atoms with van der Waals surface area (Å²) in [7, 11) is 0. The molecule has 0 aliphatic carbocycles. The van der Waals surface area contributed by atoms with Gasteiger partial charge in [0, 0.05) is 23.9 Å². The van der Waals surface area contributed by atoms with Gasteiger partial charge in [0.2, 0.25) is 5.76 Å². The molecule has 0 atom stereocenters. The average Bonchev–Trinajstić information content (AvgIpc) is 3.11. The van der Waals surface area contributed by atoms with Crippen LogP contribution in [0.1, 0.15) is 33.7 Å². The number of hydrogen-bond donors (Lipinski definition) is 0. The summed E-state index contributed by atoms with van der Waals surface area (Å²) in [5.74, 6) is 0.159. The Bertz CT molecular complexity index is 928. The molecule has 3 aromatic rings. The molecule has 1 amide bonds. The molecular formula is C21H20N2O2. The molecule has 2 aromatic carbocycles. The number of fused-ring (bicyclic) bond motifs is 1. The van der Waals surface area contributed by atoms with Gasteiger partial charge in [-0.05, 0) is 49.4 Å². The number of carbonyl (C=O) groups excluding carboxylic acids is 1. The third-order valence-corrected chi connectivity index (χ3v) is 4.73. The summed E-state index contributed by atoms with van der Waals surface area (Å²) < 4.78 is 5.37. The fraction of sp³-hybridized carbons (Fsp3) is 0.238. The molecule has 0 spiro atoms.